The van der Waals surface area contributed by atoms with Crippen molar-refractivity contribution in [2.75, 3.05) is 10.6 Å². The molecule has 15 heteroatoms. The molecule has 0 radical (unpaired) electrons. The molecule has 0 aliphatic heterocycles. The van der Waals surface area contributed by atoms with Gasteiger partial charge in [-0.25, -0.2) is 9.89 Å². The van der Waals surface area contributed by atoms with Crippen molar-refractivity contribution in [3.05, 3.63) is 51.5 Å². The fourth-order valence-corrected chi connectivity index (χ4v) is 3.00. The van der Waals surface area contributed by atoms with Gasteiger partial charge in [-0.1, -0.05) is 23.2 Å². The van der Waals surface area contributed by atoms with Gasteiger partial charge in [0.05, 0.1) is 21.8 Å². The number of carbonyl (C=O) groups is 1. The van der Waals surface area contributed by atoms with E-state index in [-0.39, 0.29) is 33.2 Å². The minimum absolute atomic E-state index is 0.0399. The smallest absolute Gasteiger partial charge is 0.308 e. The van der Waals surface area contributed by atoms with Crippen LogP contribution in [-0.2, 0) is 12.4 Å². The lowest BCUT2D eigenvalue weighted by molar-refractivity contribution is -0.143. The van der Waals surface area contributed by atoms with Crippen molar-refractivity contribution in [3.8, 4) is 11.4 Å². The lowest BCUT2D eigenvalue weighted by Crippen LogP contribution is -2.21. The number of aromatic nitrogens is 4. The van der Waals surface area contributed by atoms with Crippen LogP contribution in [0.1, 0.15) is 11.1 Å². The fraction of sp³-hybridized carbons (Fsp3) is 0.125. The average molecular weight is 485 g/mol. The number of alkyl halides is 6. The molecule has 0 saturated heterocycles. The maximum absolute atomic E-state index is 13.0. The molecule has 164 valence electrons. The van der Waals surface area contributed by atoms with E-state index in [1.807, 2.05) is 5.32 Å². The number of hydrogen-bond donors (Lipinski definition) is 3. The Morgan fingerprint density at radius 1 is 0.903 bits per heavy atom. The first-order chi connectivity index (χ1) is 14.3. The Balaban J connectivity index is 1.93. The molecule has 1 aromatic heterocycles. The number of halogens is 8. The molecule has 2 amide bonds. The van der Waals surface area contributed by atoms with Crippen LogP contribution in [0.2, 0.25) is 10.0 Å². The predicted octanol–water partition coefficient (Wildman–Crippen LogP) is 5.86. The van der Waals surface area contributed by atoms with Gasteiger partial charge in [-0.05, 0) is 40.8 Å². The van der Waals surface area contributed by atoms with Crippen molar-refractivity contribution in [1.29, 1.82) is 0 Å². The minimum Gasteiger partial charge on any atom is -0.308 e. The van der Waals surface area contributed by atoms with Crippen molar-refractivity contribution in [2.45, 2.75) is 12.4 Å². The zero-order valence-electron chi connectivity index (χ0n) is 14.7. The first kappa shape index (κ1) is 22.6. The molecule has 3 rings (SSSR count). The maximum Gasteiger partial charge on any atom is 0.416 e. The Bertz CT molecular complexity index is 1080. The van der Waals surface area contributed by atoms with Gasteiger partial charge in [0, 0.05) is 16.3 Å². The van der Waals surface area contributed by atoms with Crippen LogP contribution >= 0.6 is 23.2 Å². The Labute approximate surface area is 178 Å². The Hall–Kier alpha value is -3.06. The number of anilines is 2. The van der Waals surface area contributed by atoms with Gasteiger partial charge in [-0.2, -0.15) is 26.3 Å². The van der Waals surface area contributed by atoms with Crippen LogP contribution in [-0.4, -0.2) is 26.7 Å². The number of hydrogen-bond acceptors (Lipinski definition) is 4. The third-order valence-electron chi connectivity index (χ3n) is 3.74. The molecule has 0 unspecified atom stereocenters. The van der Waals surface area contributed by atoms with E-state index >= 15 is 0 Å². The topological polar surface area (TPSA) is 95.6 Å². The summed E-state index contributed by atoms with van der Waals surface area (Å²) in [5.74, 6) is 0.0399. The number of carbonyl (C=O) groups excluding carboxylic acids is 1. The number of amides is 2. The molecule has 2 aromatic carbocycles. The molecule has 3 N–H and O–H groups in total. The molecule has 31 heavy (non-hydrogen) atoms. The van der Waals surface area contributed by atoms with Crippen LogP contribution in [0, 0.1) is 0 Å². The Morgan fingerprint density at radius 2 is 1.52 bits per heavy atom. The van der Waals surface area contributed by atoms with Crippen molar-refractivity contribution >= 4 is 40.6 Å². The number of aromatic amines is 1. The molecular weight excluding hydrogens is 477 g/mol. The van der Waals surface area contributed by atoms with Crippen molar-refractivity contribution in [2.24, 2.45) is 0 Å². The molecule has 0 bridgehead atoms. The summed E-state index contributed by atoms with van der Waals surface area (Å²) in [6, 6.07) is 2.06. The Kier molecular flexibility index (Phi) is 6.00. The van der Waals surface area contributed by atoms with Crippen molar-refractivity contribution < 1.29 is 31.1 Å². The van der Waals surface area contributed by atoms with Gasteiger partial charge in [-0.3, -0.25) is 0 Å². The van der Waals surface area contributed by atoms with Crippen LogP contribution in [0.15, 0.2) is 30.3 Å². The van der Waals surface area contributed by atoms with Crippen LogP contribution in [0.4, 0.5) is 42.5 Å². The number of tetrazole rings is 1. The SMILES string of the molecule is O=C(Nc1cc(C(F)(F)F)cc(C(F)(F)F)c1)Nc1c(Cl)cc(Cl)cc1-c1nnn[nH]1. The van der Waals surface area contributed by atoms with Gasteiger partial charge in [0.25, 0.3) is 0 Å². The van der Waals surface area contributed by atoms with Crippen molar-refractivity contribution in [1.82, 2.24) is 20.6 Å². The molecular formula is C16H8Cl2F6N6O. The third-order valence-corrected chi connectivity index (χ3v) is 4.26. The number of benzene rings is 2. The van der Waals surface area contributed by atoms with E-state index < -0.39 is 35.2 Å². The maximum atomic E-state index is 13.0. The summed E-state index contributed by atoms with van der Waals surface area (Å²) in [7, 11) is 0. The number of nitrogens with one attached hydrogen (secondary N) is 3. The molecule has 3 aromatic rings. The Morgan fingerprint density at radius 3 is 2.03 bits per heavy atom. The highest BCUT2D eigenvalue weighted by atomic mass is 35.5. The van der Waals surface area contributed by atoms with Gasteiger partial charge in [-0.15, -0.1) is 5.10 Å². The second-order valence-electron chi connectivity index (χ2n) is 5.93. The van der Waals surface area contributed by atoms with E-state index in [4.69, 9.17) is 23.2 Å². The molecule has 0 fully saturated rings. The number of urea groups is 1. The first-order valence-electron chi connectivity index (χ1n) is 7.95. The average Bonchev–Trinajstić information content (AvgIpc) is 3.16. The summed E-state index contributed by atoms with van der Waals surface area (Å²) in [5.41, 5.74) is -3.89. The zero-order valence-corrected chi connectivity index (χ0v) is 16.2. The molecule has 0 aliphatic rings. The fourth-order valence-electron chi connectivity index (χ4n) is 2.46. The summed E-state index contributed by atoms with van der Waals surface area (Å²) < 4.78 is 77.8. The van der Waals surface area contributed by atoms with Crippen LogP contribution < -0.4 is 10.6 Å². The number of rotatable bonds is 3. The van der Waals surface area contributed by atoms with Crippen LogP contribution in [0.5, 0.6) is 0 Å². The van der Waals surface area contributed by atoms with Crippen LogP contribution in [0.3, 0.4) is 0 Å². The normalized spacial score (nSPS) is 12.0. The molecule has 0 aliphatic carbocycles. The van der Waals surface area contributed by atoms with E-state index in [9.17, 15) is 31.1 Å². The van der Waals surface area contributed by atoms with E-state index in [1.54, 1.807) is 0 Å². The molecule has 7 nitrogen and oxygen atoms in total. The monoisotopic (exact) mass is 484 g/mol. The first-order valence-corrected chi connectivity index (χ1v) is 8.71. The minimum atomic E-state index is -5.07. The molecule has 0 spiro atoms. The van der Waals surface area contributed by atoms with Gasteiger partial charge in [0.15, 0.2) is 5.82 Å². The number of H-pyrrole nitrogens is 1. The molecule has 0 atom stereocenters. The zero-order chi connectivity index (χ0) is 23.0. The van der Waals surface area contributed by atoms with Gasteiger partial charge >= 0.3 is 18.4 Å². The van der Waals surface area contributed by atoms with E-state index in [0.29, 0.717) is 12.1 Å². The standard InChI is InChI=1S/C16H8Cl2F6N6O/c17-8-4-10(13-27-29-30-28-13)12(11(18)5-8)26-14(31)25-9-2-6(15(19,20)21)1-7(3-9)16(22,23)24/h1-5H,(H2,25,26,31)(H,27,28,29,30). The van der Waals surface area contributed by atoms with Gasteiger partial charge in [0.2, 0.25) is 0 Å². The van der Waals surface area contributed by atoms with Gasteiger partial charge in [0.1, 0.15) is 0 Å². The van der Waals surface area contributed by atoms with E-state index in [2.05, 4.69) is 25.9 Å². The largest absolute Gasteiger partial charge is 0.416 e. The summed E-state index contributed by atoms with van der Waals surface area (Å²) >= 11 is 12.0. The predicted molar refractivity (Wildman–Crippen MR) is 98.7 cm³/mol. The quantitative estimate of drug-likeness (QED) is 0.406. The summed E-state index contributed by atoms with van der Waals surface area (Å²) in [5, 5.41) is 17.0. The van der Waals surface area contributed by atoms with E-state index in [0.717, 1.165) is 0 Å². The van der Waals surface area contributed by atoms with Gasteiger partial charge < -0.3 is 10.6 Å². The second-order valence-corrected chi connectivity index (χ2v) is 6.78. The highest BCUT2D eigenvalue weighted by molar-refractivity contribution is 6.37. The van der Waals surface area contributed by atoms with Crippen molar-refractivity contribution in [3.63, 3.8) is 0 Å². The molecule has 0 saturated carbocycles. The lowest BCUT2D eigenvalue weighted by Gasteiger charge is -2.16. The van der Waals surface area contributed by atoms with E-state index in [1.165, 1.54) is 12.1 Å². The summed E-state index contributed by atoms with van der Waals surface area (Å²) in [4.78, 5) is 12.3. The third kappa shape index (κ3) is 5.35. The summed E-state index contributed by atoms with van der Waals surface area (Å²) in [6.45, 7) is 0. The number of nitrogens with zero attached hydrogens (tertiary/aromatic N) is 3. The summed E-state index contributed by atoms with van der Waals surface area (Å²) in [6.07, 6.45) is -10.1. The second kappa shape index (κ2) is 8.23. The van der Waals surface area contributed by atoms with Crippen LogP contribution in [0.25, 0.3) is 11.4 Å². The highest BCUT2D eigenvalue weighted by Gasteiger charge is 2.37. The molecule has 1 heterocycles. The highest BCUT2D eigenvalue weighted by Crippen LogP contribution is 2.38. The lowest BCUT2D eigenvalue weighted by atomic mass is 10.1.